The lowest BCUT2D eigenvalue weighted by molar-refractivity contribution is -0.127. The van der Waals surface area contributed by atoms with Gasteiger partial charge in [0.05, 0.1) is 0 Å². The Bertz CT molecular complexity index is 421. The molecule has 1 saturated heterocycles. The first-order valence-corrected chi connectivity index (χ1v) is 4.87. The maximum Gasteiger partial charge on any atom is 0.335 e. The lowest BCUT2D eigenvalue weighted by Gasteiger charge is -2.20. The number of carbonyl (C=O) groups is 2. The Morgan fingerprint density at radius 1 is 1.27 bits per heavy atom. The number of imide groups is 1. The van der Waals surface area contributed by atoms with Gasteiger partial charge in [-0.25, -0.2) is 9.10 Å². The van der Waals surface area contributed by atoms with Crippen LogP contribution in [0.2, 0.25) is 0 Å². The molecule has 1 aliphatic rings. The van der Waals surface area contributed by atoms with Gasteiger partial charge in [0.1, 0.15) is 5.54 Å². The van der Waals surface area contributed by atoms with Gasteiger partial charge in [-0.05, 0) is 12.5 Å². The number of nitrogens with zero attached hydrogens (tertiary/aromatic N) is 1. The molecular weight excluding hydrogens is 212 g/mol. The van der Waals surface area contributed by atoms with Gasteiger partial charge in [0.15, 0.2) is 0 Å². The summed E-state index contributed by atoms with van der Waals surface area (Å²) in [5.74, 6) is -0.359. The van der Waals surface area contributed by atoms with E-state index in [9.17, 15) is 9.59 Å². The van der Waals surface area contributed by atoms with Crippen LogP contribution >= 0.6 is 12.8 Å². The first-order valence-electron chi connectivity index (χ1n) is 4.47. The number of carbonyl (C=O) groups excluding carboxylic acids is 2. The molecule has 1 atom stereocenters. The van der Waals surface area contributed by atoms with Crippen molar-refractivity contribution >= 4 is 24.8 Å². The van der Waals surface area contributed by atoms with Gasteiger partial charge in [0.25, 0.3) is 5.91 Å². The monoisotopic (exact) mass is 222 g/mol. The topological polar surface area (TPSA) is 49.4 Å². The van der Waals surface area contributed by atoms with Crippen LogP contribution in [0.15, 0.2) is 30.3 Å². The second-order valence-electron chi connectivity index (χ2n) is 3.54. The summed E-state index contributed by atoms with van der Waals surface area (Å²) in [7, 11) is 0. The van der Waals surface area contributed by atoms with Gasteiger partial charge in [-0.15, -0.1) is 0 Å². The van der Waals surface area contributed by atoms with Crippen LogP contribution in [0.1, 0.15) is 12.5 Å². The van der Waals surface area contributed by atoms with Crippen molar-refractivity contribution in [3.8, 4) is 0 Å². The molecule has 1 fully saturated rings. The molecular formula is C10H10N2O2S. The van der Waals surface area contributed by atoms with Crippen LogP contribution in [0.5, 0.6) is 0 Å². The number of rotatable bonds is 1. The molecule has 1 aliphatic heterocycles. The molecule has 1 unspecified atom stereocenters. The summed E-state index contributed by atoms with van der Waals surface area (Å²) in [5.41, 5.74) is -0.250. The SMILES string of the molecule is CC1(c2ccccc2)NC(=O)N(S)C1=O. The van der Waals surface area contributed by atoms with E-state index in [1.54, 1.807) is 19.1 Å². The molecule has 1 N–H and O–H groups in total. The van der Waals surface area contributed by atoms with E-state index in [2.05, 4.69) is 18.1 Å². The molecule has 78 valence electrons. The molecule has 0 aliphatic carbocycles. The summed E-state index contributed by atoms with van der Waals surface area (Å²) >= 11 is 3.82. The van der Waals surface area contributed by atoms with Crippen molar-refractivity contribution in [2.24, 2.45) is 0 Å². The maximum atomic E-state index is 11.8. The molecule has 0 spiro atoms. The molecule has 3 amide bonds. The average Bonchev–Trinajstić information content (AvgIpc) is 2.45. The van der Waals surface area contributed by atoms with Gasteiger partial charge in [0, 0.05) is 0 Å². The Labute approximate surface area is 92.8 Å². The van der Waals surface area contributed by atoms with Gasteiger partial charge in [-0.2, -0.15) is 0 Å². The Kier molecular flexibility index (Phi) is 2.19. The summed E-state index contributed by atoms with van der Waals surface area (Å²) in [5, 5.41) is 2.61. The van der Waals surface area contributed by atoms with Gasteiger partial charge >= 0.3 is 6.03 Å². The molecule has 2 rings (SSSR count). The van der Waals surface area contributed by atoms with E-state index in [-0.39, 0.29) is 5.91 Å². The number of nitrogens with one attached hydrogen (secondary N) is 1. The minimum atomic E-state index is -1.000. The molecule has 1 aromatic carbocycles. The number of hydrogen-bond donors (Lipinski definition) is 2. The van der Waals surface area contributed by atoms with Crippen LogP contribution < -0.4 is 5.32 Å². The largest absolute Gasteiger partial charge is 0.335 e. The fourth-order valence-corrected chi connectivity index (χ4v) is 1.84. The predicted molar refractivity (Wildman–Crippen MR) is 58.2 cm³/mol. The third-order valence-electron chi connectivity index (χ3n) is 2.52. The maximum absolute atomic E-state index is 11.8. The van der Waals surface area contributed by atoms with Gasteiger partial charge < -0.3 is 5.32 Å². The fourth-order valence-electron chi connectivity index (χ4n) is 1.59. The van der Waals surface area contributed by atoms with Crippen LogP contribution in [0.4, 0.5) is 4.79 Å². The van der Waals surface area contributed by atoms with Crippen LogP contribution in [0.25, 0.3) is 0 Å². The zero-order valence-corrected chi connectivity index (χ0v) is 8.99. The molecule has 15 heavy (non-hydrogen) atoms. The first kappa shape index (κ1) is 10.0. The molecule has 1 aromatic rings. The van der Waals surface area contributed by atoms with E-state index >= 15 is 0 Å². The van der Waals surface area contributed by atoms with Crippen molar-refractivity contribution in [1.29, 1.82) is 0 Å². The van der Waals surface area contributed by atoms with Gasteiger partial charge in [0.2, 0.25) is 0 Å². The zero-order chi connectivity index (χ0) is 11.1. The van der Waals surface area contributed by atoms with Crippen molar-refractivity contribution in [3.05, 3.63) is 35.9 Å². The first-order chi connectivity index (χ1) is 7.05. The zero-order valence-electron chi connectivity index (χ0n) is 8.10. The quantitative estimate of drug-likeness (QED) is 0.556. The summed E-state index contributed by atoms with van der Waals surface area (Å²) in [6.45, 7) is 1.67. The van der Waals surface area contributed by atoms with Gasteiger partial charge in [-0.3, -0.25) is 4.79 Å². The van der Waals surface area contributed by atoms with Crippen molar-refractivity contribution in [1.82, 2.24) is 9.62 Å². The number of hydrogen-bond acceptors (Lipinski definition) is 3. The molecule has 0 bridgehead atoms. The summed E-state index contributed by atoms with van der Waals surface area (Å²) < 4.78 is 0.799. The Hall–Kier alpha value is -1.49. The van der Waals surface area contributed by atoms with Crippen LogP contribution in [0.3, 0.4) is 0 Å². The van der Waals surface area contributed by atoms with E-state index in [0.717, 1.165) is 9.87 Å². The van der Waals surface area contributed by atoms with Crippen LogP contribution in [-0.4, -0.2) is 16.2 Å². The van der Waals surface area contributed by atoms with E-state index < -0.39 is 11.6 Å². The number of thiol groups is 1. The molecule has 1 heterocycles. The van der Waals surface area contributed by atoms with Crippen molar-refractivity contribution in [2.45, 2.75) is 12.5 Å². The molecule has 0 radical (unpaired) electrons. The second-order valence-corrected chi connectivity index (χ2v) is 3.94. The molecule has 5 heteroatoms. The van der Waals surface area contributed by atoms with Gasteiger partial charge in [-0.1, -0.05) is 43.1 Å². The summed E-state index contributed by atoms with van der Waals surface area (Å²) in [4.78, 5) is 23.1. The van der Waals surface area contributed by atoms with Crippen molar-refractivity contribution in [3.63, 3.8) is 0 Å². The van der Waals surface area contributed by atoms with E-state index in [0.29, 0.717) is 0 Å². The Balaban J connectivity index is 2.45. The van der Waals surface area contributed by atoms with Crippen molar-refractivity contribution < 1.29 is 9.59 Å². The summed E-state index contributed by atoms with van der Waals surface area (Å²) in [6.07, 6.45) is 0. The highest BCUT2D eigenvalue weighted by molar-refractivity contribution is 7.79. The molecule has 0 aromatic heterocycles. The second kappa shape index (κ2) is 3.27. The number of amides is 3. The highest BCUT2D eigenvalue weighted by atomic mass is 32.1. The number of urea groups is 1. The van der Waals surface area contributed by atoms with Crippen molar-refractivity contribution in [2.75, 3.05) is 0 Å². The molecule has 0 saturated carbocycles. The third-order valence-corrected chi connectivity index (χ3v) is 2.88. The fraction of sp³-hybridized carbons (Fsp3) is 0.200. The van der Waals surface area contributed by atoms with E-state index in [1.165, 1.54) is 0 Å². The Morgan fingerprint density at radius 2 is 1.87 bits per heavy atom. The number of benzene rings is 1. The average molecular weight is 222 g/mol. The van der Waals surface area contributed by atoms with Crippen LogP contribution in [-0.2, 0) is 10.3 Å². The van der Waals surface area contributed by atoms with E-state index in [4.69, 9.17) is 0 Å². The molecule has 4 nitrogen and oxygen atoms in total. The highest BCUT2D eigenvalue weighted by Crippen LogP contribution is 2.29. The van der Waals surface area contributed by atoms with Crippen LogP contribution in [0, 0.1) is 0 Å². The lowest BCUT2D eigenvalue weighted by atomic mass is 9.92. The minimum Gasteiger partial charge on any atom is -0.319 e. The highest BCUT2D eigenvalue weighted by Gasteiger charge is 2.47. The lowest BCUT2D eigenvalue weighted by Crippen LogP contribution is -2.40. The standard InChI is InChI=1S/C10H10N2O2S/c1-10(7-5-3-2-4-6-7)8(13)12(15)9(14)11-10/h2-6,15H,1H3,(H,11,14). The smallest absolute Gasteiger partial charge is 0.319 e. The normalized spacial score (nSPS) is 25.6. The third kappa shape index (κ3) is 1.39. The van der Waals surface area contributed by atoms with E-state index in [1.807, 2.05) is 18.2 Å². The predicted octanol–water partition coefficient (Wildman–Crippen LogP) is 1.30. The summed E-state index contributed by atoms with van der Waals surface area (Å²) in [6, 6.07) is 8.60. The minimum absolute atomic E-state index is 0.359. The Morgan fingerprint density at radius 3 is 2.33 bits per heavy atom.